The highest BCUT2D eigenvalue weighted by molar-refractivity contribution is 7.81. The van der Waals surface area contributed by atoms with Crippen LogP contribution in [0.1, 0.15) is 39.5 Å². The standard InChI is InChI=1S/C8H17NOS2.C3H7NO/c1-7(12)8(10)9-5-3-2-4-6-11;1-2-3(4)5/h7,11-12H,2-6H2,1H3,(H,9,10);2H2,1H3,(H2,4,5). The van der Waals surface area contributed by atoms with E-state index in [0.717, 1.165) is 31.6 Å². The third-order valence-corrected chi connectivity index (χ3v) is 2.41. The number of unbranched alkanes of at least 4 members (excludes halogenated alkanes) is 2. The molecule has 0 saturated heterocycles. The van der Waals surface area contributed by atoms with Crippen LogP contribution in [0.2, 0.25) is 0 Å². The molecule has 0 rings (SSSR count). The van der Waals surface area contributed by atoms with Gasteiger partial charge in [0, 0.05) is 13.0 Å². The number of primary amides is 1. The molecule has 4 nitrogen and oxygen atoms in total. The molecule has 1 atom stereocenters. The average Bonchev–Trinajstić information content (AvgIpc) is 2.29. The maximum absolute atomic E-state index is 11.0. The molecule has 0 fully saturated rings. The molecule has 0 aromatic heterocycles. The third kappa shape index (κ3) is 18.2. The Kier molecular flexibility index (Phi) is 15.3. The number of hydrogen-bond donors (Lipinski definition) is 4. The zero-order valence-corrected chi connectivity index (χ0v) is 12.4. The van der Waals surface area contributed by atoms with Crippen LogP contribution in [0.4, 0.5) is 0 Å². The summed E-state index contributed by atoms with van der Waals surface area (Å²) in [6.07, 6.45) is 3.73. The topological polar surface area (TPSA) is 72.2 Å². The number of carbonyl (C=O) groups excluding carboxylic acids is 2. The zero-order valence-electron chi connectivity index (χ0n) is 10.6. The van der Waals surface area contributed by atoms with Gasteiger partial charge in [0.05, 0.1) is 5.25 Å². The third-order valence-electron chi connectivity index (χ3n) is 1.86. The van der Waals surface area contributed by atoms with E-state index in [-0.39, 0.29) is 17.1 Å². The predicted molar refractivity (Wildman–Crippen MR) is 78.6 cm³/mol. The van der Waals surface area contributed by atoms with Crippen molar-refractivity contribution in [1.82, 2.24) is 5.32 Å². The van der Waals surface area contributed by atoms with Gasteiger partial charge in [-0.1, -0.05) is 13.3 Å². The van der Waals surface area contributed by atoms with E-state index in [1.54, 1.807) is 13.8 Å². The number of thiol groups is 2. The van der Waals surface area contributed by atoms with E-state index in [4.69, 9.17) is 0 Å². The Hall–Kier alpha value is -0.360. The molecule has 0 aliphatic carbocycles. The molecule has 0 aliphatic rings. The fourth-order valence-electron chi connectivity index (χ4n) is 0.773. The summed E-state index contributed by atoms with van der Waals surface area (Å²) in [6, 6.07) is 0. The van der Waals surface area contributed by atoms with Gasteiger partial charge in [0.15, 0.2) is 0 Å². The van der Waals surface area contributed by atoms with Gasteiger partial charge in [-0.2, -0.15) is 25.3 Å². The van der Waals surface area contributed by atoms with Crippen molar-refractivity contribution in [2.24, 2.45) is 5.73 Å². The van der Waals surface area contributed by atoms with Gasteiger partial charge in [0.2, 0.25) is 11.8 Å². The highest BCUT2D eigenvalue weighted by Gasteiger charge is 2.04. The molecule has 3 N–H and O–H groups in total. The lowest BCUT2D eigenvalue weighted by molar-refractivity contribution is -0.120. The zero-order chi connectivity index (χ0) is 13.7. The van der Waals surface area contributed by atoms with Crippen molar-refractivity contribution >= 4 is 37.1 Å². The van der Waals surface area contributed by atoms with E-state index in [0.29, 0.717) is 6.42 Å². The van der Waals surface area contributed by atoms with Crippen molar-refractivity contribution in [2.45, 2.75) is 44.8 Å². The molecule has 0 radical (unpaired) electrons. The quantitative estimate of drug-likeness (QED) is 0.420. The summed E-state index contributed by atoms with van der Waals surface area (Å²) in [7, 11) is 0. The summed E-state index contributed by atoms with van der Waals surface area (Å²) in [5, 5.41) is 2.60. The minimum absolute atomic E-state index is 0.0178. The Morgan fingerprint density at radius 2 is 1.82 bits per heavy atom. The van der Waals surface area contributed by atoms with Crippen LogP contribution in [0.25, 0.3) is 0 Å². The fourth-order valence-corrected chi connectivity index (χ4v) is 1.09. The van der Waals surface area contributed by atoms with E-state index in [1.807, 2.05) is 0 Å². The maximum Gasteiger partial charge on any atom is 0.232 e. The molecular formula is C11H24N2O2S2. The second-order valence-corrected chi connectivity index (χ2v) is 4.79. The predicted octanol–water partition coefficient (Wildman–Crippen LogP) is 1.40. The first kappa shape index (κ1) is 19.0. The van der Waals surface area contributed by atoms with Gasteiger partial charge in [-0.3, -0.25) is 9.59 Å². The van der Waals surface area contributed by atoms with Crippen LogP contribution in [0.3, 0.4) is 0 Å². The number of nitrogens with one attached hydrogen (secondary N) is 1. The Balaban J connectivity index is 0. The lowest BCUT2D eigenvalue weighted by atomic mass is 10.2. The highest BCUT2D eigenvalue weighted by atomic mass is 32.1. The molecule has 0 saturated carbocycles. The van der Waals surface area contributed by atoms with Crippen LogP contribution >= 0.6 is 25.3 Å². The van der Waals surface area contributed by atoms with Gasteiger partial charge in [-0.25, -0.2) is 0 Å². The summed E-state index contributed by atoms with van der Waals surface area (Å²) in [4.78, 5) is 20.6. The number of nitrogens with two attached hydrogens (primary N) is 1. The summed E-state index contributed by atoms with van der Waals surface area (Å²) in [5.41, 5.74) is 4.65. The largest absolute Gasteiger partial charge is 0.370 e. The SMILES string of the molecule is CC(S)C(=O)NCCCCCS.CCC(N)=O. The summed E-state index contributed by atoms with van der Waals surface area (Å²) in [6.45, 7) is 4.26. The van der Waals surface area contributed by atoms with Crippen molar-refractivity contribution in [1.29, 1.82) is 0 Å². The summed E-state index contributed by atoms with van der Waals surface area (Å²) < 4.78 is 0. The molecule has 0 aromatic rings. The molecule has 0 aliphatic heterocycles. The Labute approximate surface area is 115 Å². The monoisotopic (exact) mass is 280 g/mol. The summed E-state index contributed by atoms with van der Waals surface area (Å²) in [5.74, 6) is 0.700. The van der Waals surface area contributed by atoms with Gasteiger partial charge in [-0.05, 0) is 25.5 Å². The van der Waals surface area contributed by atoms with Crippen LogP contribution < -0.4 is 11.1 Å². The lowest BCUT2D eigenvalue weighted by Gasteiger charge is -2.05. The Bertz CT molecular complexity index is 212. The van der Waals surface area contributed by atoms with Gasteiger partial charge < -0.3 is 11.1 Å². The second kappa shape index (κ2) is 13.7. The first-order chi connectivity index (χ1) is 7.95. The molecule has 102 valence electrons. The van der Waals surface area contributed by atoms with E-state index in [9.17, 15) is 9.59 Å². The molecule has 2 amide bonds. The first-order valence-electron chi connectivity index (χ1n) is 5.80. The van der Waals surface area contributed by atoms with Crippen LogP contribution in [-0.2, 0) is 9.59 Å². The highest BCUT2D eigenvalue weighted by Crippen LogP contribution is 1.96. The number of amides is 2. The minimum atomic E-state index is -0.245. The van der Waals surface area contributed by atoms with E-state index in [1.165, 1.54) is 0 Å². The Morgan fingerprint density at radius 1 is 1.29 bits per heavy atom. The van der Waals surface area contributed by atoms with Crippen molar-refractivity contribution < 1.29 is 9.59 Å². The van der Waals surface area contributed by atoms with Crippen molar-refractivity contribution in [3.8, 4) is 0 Å². The van der Waals surface area contributed by atoms with E-state index < -0.39 is 0 Å². The molecule has 0 spiro atoms. The van der Waals surface area contributed by atoms with Crippen molar-refractivity contribution in [2.75, 3.05) is 12.3 Å². The van der Waals surface area contributed by atoms with Crippen LogP contribution in [0.15, 0.2) is 0 Å². The van der Waals surface area contributed by atoms with Gasteiger partial charge in [-0.15, -0.1) is 0 Å². The van der Waals surface area contributed by atoms with E-state index in [2.05, 4.69) is 36.3 Å². The minimum Gasteiger partial charge on any atom is -0.370 e. The molecule has 0 bridgehead atoms. The molecule has 6 heteroatoms. The average molecular weight is 280 g/mol. The summed E-state index contributed by atoms with van der Waals surface area (Å²) >= 11 is 8.11. The number of carbonyl (C=O) groups is 2. The Morgan fingerprint density at radius 3 is 2.18 bits per heavy atom. The number of hydrogen-bond acceptors (Lipinski definition) is 4. The van der Waals surface area contributed by atoms with Crippen molar-refractivity contribution in [3.05, 3.63) is 0 Å². The van der Waals surface area contributed by atoms with Gasteiger partial charge in [0.25, 0.3) is 0 Å². The van der Waals surface area contributed by atoms with Gasteiger partial charge >= 0.3 is 0 Å². The molecule has 17 heavy (non-hydrogen) atoms. The normalized spacial score (nSPS) is 11.1. The smallest absolute Gasteiger partial charge is 0.232 e. The number of rotatable bonds is 7. The molecule has 0 heterocycles. The molecule has 1 unspecified atom stereocenters. The molecular weight excluding hydrogens is 256 g/mol. The lowest BCUT2D eigenvalue weighted by Crippen LogP contribution is -2.30. The van der Waals surface area contributed by atoms with Crippen LogP contribution in [0, 0.1) is 0 Å². The van der Waals surface area contributed by atoms with Crippen LogP contribution in [-0.4, -0.2) is 29.4 Å². The first-order valence-corrected chi connectivity index (χ1v) is 6.95. The molecule has 0 aromatic carbocycles. The van der Waals surface area contributed by atoms with Gasteiger partial charge in [0.1, 0.15) is 0 Å². The van der Waals surface area contributed by atoms with Crippen LogP contribution in [0.5, 0.6) is 0 Å². The maximum atomic E-state index is 11.0. The fraction of sp³-hybridized carbons (Fsp3) is 0.818. The van der Waals surface area contributed by atoms with Crippen molar-refractivity contribution in [3.63, 3.8) is 0 Å². The second-order valence-electron chi connectivity index (χ2n) is 3.57. The van der Waals surface area contributed by atoms with E-state index >= 15 is 0 Å².